The minimum absolute atomic E-state index is 0.119. The number of benzene rings is 2. The van der Waals surface area contributed by atoms with Crippen LogP contribution in [0.4, 0.5) is 5.69 Å². The predicted octanol–water partition coefficient (Wildman–Crippen LogP) is 3.50. The van der Waals surface area contributed by atoms with E-state index in [2.05, 4.69) is 5.10 Å². The standard InChI is InChI=1S/C18H16N2O2/c1-13-17(12-14-7-6-10-16(11-14)22-2)18(21)20(19-13)15-8-4-3-5-9-15/h3-12H,1-2H3/b17-12-. The fourth-order valence-corrected chi connectivity index (χ4v) is 2.33. The molecule has 3 rings (SSSR count). The molecule has 4 nitrogen and oxygen atoms in total. The van der Waals surface area contributed by atoms with Gasteiger partial charge in [-0.1, -0.05) is 30.3 Å². The third-order valence-corrected chi connectivity index (χ3v) is 3.47. The topological polar surface area (TPSA) is 41.9 Å². The zero-order chi connectivity index (χ0) is 15.5. The molecule has 0 bridgehead atoms. The maximum atomic E-state index is 12.6. The largest absolute Gasteiger partial charge is 0.497 e. The highest BCUT2D eigenvalue weighted by atomic mass is 16.5. The van der Waals surface area contributed by atoms with E-state index in [0.29, 0.717) is 11.3 Å². The van der Waals surface area contributed by atoms with Gasteiger partial charge in [0.15, 0.2) is 0 Å². The van der Waals surface area contributed by atoms with Crippen LogP contribution in [-0.2, 0) is 4.79 Å². The number of rotatable bonds is 3. The van der Waals surface area contributed by atoms with Crippen LogP contribution in [0.3, 0.4) is 0 Å². The summed E-state index contributed by atoms with van der Waals surface area (Å²) in [5.41, 5.74) is 2.97. The summed E-state index contributed by atoms with van der Waals surface area (Å²) >= 11 is 0. The highest BCUT2D eigenvalue weighted by Crippen LogP contribution is 2.25. The Bertz CT molecular complexity index is 764. The smallest absolute Gasteiger partial charge is 0.280 e. The van der Waals surface area contributed by atoms with Gasteiger partial charge in [-0.05, 0) is 42.8 Å². The molecule has 2 aromatic carbocycles. The number of carbonyl (C=O) groups excluding carboxylic acids is 1. The molecule has 0 fully saturated rings. The SMILES string of the molecule is COc1cccc(/C=C2\C(=O)N(c3ccccc3)N=C2C)c1. The first-order valence-corrected chi connectivity index (χ1v) is 7.00. The quantitative estimate of drug-likeness (QED) is 0.812. The third kappa shape index (κ3) is 2.63. The molecule has 1 heterocycles. The number of ether oxygens (including phenoxy) is 1. The van der Waals surface area contributed by atoms with E-state index in [1.54, 1.807) is 7.11 Å². The average molecular weight is 292 g/mol. The van der Waals surface area contributed by atoms with Crippen LogP contribution in [0.5, 0.6) is 5.75 Å². The van der Waals surface area contributed by atoms with Crippen LogP contribution >= 0.6 is 0 Å². The molecule has 0 unspecified atom stereocenters. The Morgan fingerprint density at radius 2 is 1.86 bits per heavy atom. The Kier molecular flexibility index (Phi) is 3.74. The van der Waals surface area contributed by atoms with Gasteiger partial charge in [0.25, 0.3) is 5.91 Å². The molecule has 0 saturated heterocycles. The van der Waals surface area contributed by atoms with E-state index in [9.17, 15) is 4.79 Å². The number of nitrogens with zero attached hydrogens (tertiary/aromatic N) is 2. The van der Waals surface area contributed by atoms with Gasteiger partial charge in [-0.25, -0.2) is 0 Å². The monoisotopic (exact) mass is 292 g/mol. The van der Waals surface area contributed by atoms with Crippen LogP contribution in [0.25, 0.3) is 6.08 Å². The lowest BCUT2D eigenvalue weighted by Crippen LogP contribution is -2.21. The molecular formula is C18H16N2O2. The van der Waals surface area contributed by atoms with Crippen molar-refractivity contribution in [2.45, 2.75) is 6.92 Å². The minimum Gasteiger partial charge on any atom is -0.497 e. The molecule has 0 spiro atoms. The summed E-state index contributed by atoms with van der Waals surface area (Å²) in [5.74, 6) is 0.640. The molecule has 0 N–H and O–H groups in total. The van der Waals surface area contributed by atoms with E-state index in [0.717, 1.165) is 17.0 Å². The second-order valence-electron chi connectivity index (χ2n) is 4.97. The van der Waals surface area contributed by atoms with Crippen molar-refractivity contribution in [1.29, 1.82) is 0 Å². The molecule has 110 valence electrons. The van der Waals surface area contributed by atoms with E-state index >= 15 is 0 Å². The highest BCUT2D eigenvalue weighted by molar-refractivity contribution is 6.32. The van der Waals surface area contributed by atoms with Gasteiger partial charge in [0.2, 0.25) is 0 Å². The van der Waals surface area contributed by atoms with Crippen LogP contribution in [0.1, 0.15) is 12.5 Å². The first kappa shape index (κ1) is 14.1. The fraction of sp³-hybridized carbons (Fsp3) is 0.111. The maximum absolute atomic E-state index is 12.6. The molecule has 2 aromatic rings. The number of hydrogen-bond acceptors (Lipinski definition) is 3. The predicted molar refractivity (Wildman–Crippen MR) is 88.0 cm³/mol. The van der Waals surface area contributed by atoms with Crippen molar-refractivity contribution in [2.75, 3.05) is 12.1 Å². The van der Waals surface area contributed by atoms with Crippen molar-refractivity contribution in [3.05, 3.63) is 65.7 Å². The van der Waals surface area contributed by atoms with Crippen molar-refractivity contribution >= 4 is 23.4 Å². The lowest BCUT2D eigenvalue weighted by atomic mass is 10.1. The molecule has 0 saturated carbocycles. The van der Waals surface area contributed by atoms with Crippen LogP contribution in [-0.4, -0.2) is 18.7 Å². The van der Waals surface area contributed by atoms with Gasteiger partial charge in [0.1, 0.15) is 5.75 Å². The molecule has 4 heteroatoms. The van der Waals surface area contributed by atoms with Gasteiger partial charge in [0, 0.05) is 0 Å². The second-order valence-corrected chi connectivity index (χ2v) is 4.97. The van der Waals surface area contributed by atoms with Gasteiger partial charge in [-0.15, -0.1) is 0 Å². The number of carbonyl (C=O) groups is 1. The second kappa shape index (κ2) is 5.85. The molecule has 0 atom stereocenters. The van der Waals surface area contributed by atoms with E-state index in [1.165, 1.54) is 5.01 Å². The Morgan fingerprint density at radius 1 is 1.09 bits per heavy atom. The zero-order valence-corrected chi connectivity index (χ0v) is 12.5. The van der Waals surface area contributed by atoms with Crippen molar-refractivity contribution in [1.82, 2.24) is 0 Å². The lowest BCUT2D eigenvalue weighted by Gasteiger charge is -2.11. The first-order chi connectivity index (χ1) is 10.7. The Labute approximate surface area is 129 Å². The van der Waals surface area contributed by atoms with E-state index in [4.69, 9.17) is 4.74 Å². The summed E-state index contributed by atoms with van der Waals surface area (Å²) in [5, 5.41) is 5.79. The Morgan fingerprint density at radius 3 is 2.59 bits per heavy atom. The maximum Gasteiger partial charge on any atom is 0.280 e. The third-order valence-electron chi connectivity index (χ3n) is 3.47. The van der Waals surface area contributed by atoms with Crippen molar-refractivity contribution in [3.63, 3.8) is 0 Å². The first-order valence-electron chi connectivity index (χ1n) is 7.00. The van der Waals surface area contributed by atoms with Gasteiger partial charge < -0.3 is 4.74 Å². The molecule has 0 radical (unpaired) electrons. The van der Waals surface area contributed by atoms with E-state index in [1.807, 2.05) is 67.6 Å². The molecule has 0 aromatic heterocycles. The molecule has 22 heavy (non-hydrogen) atoms. The summed E-state index contributed by atoms with van der Waals surface area (Å²) < 4.78 is 5.21. The Balaban J connectivity index is 1.94. The number of hydrazone groups is 1. The van der Waals surface area contributed by atoms with Crippen molar-refractivity contribution in [3.8, 4) is 5.75 Å². The van der Waals surface area contributed by atoms with Crippen LogP contribution in [0.15, 0.2) is 65.3 Å². The molecule has 1 aliphatic rings. The zero-order valence-electron chi connectivity index (χ0n) is 12.5. The number of methoxy groups -OCH3 is 1. The van der Waals surface area contributed by atoms with Crippen molar-refractivity contribution in [2.24, 2.45) is 5.10 Å². The summed E-state index contributed by atoms with van der Waals surface area (Å²) in [4.78, 5) is 12.6. The summed E-state index contributed by atoms with van der Waals surface area (Å²) in [6, 6.07) is 17.0. The summed E-state index contributed by atoms with van der Waals surface area (Å²) in [7, 11) is 1.62. The highest BCUT2D eigenvalue weighted by Gasteiger charge is 2.28. The number of hydrogen-bond donors (Lipinski definition) is 0. The van der Waals surface area contributed by atoms with Crippen LogP contribution in [0, 0.1) is 0 Å². The molecule has 1 amide bonds. The summed E-state index contributed by atoms with van der Waals surface area (Å²) in [6.45, 7) is 1.84. The molecular weight excluding hydrogens is 276 g/mol. The van der Waals surface area contributed by atoms with Gasteiger partial charge in [-0.3, -0.25) is 4.79 Å². The van der Waals surface area contributed by atoms with Crippen molar-refractivity contribution < 1.29 is 9.53 Å². The minimum atomic E-state index is -0.119. The lowest BCUT2D eigenvalue weighted by molar-refractivity contribution is -0.114. The fourth-order valence-electron chi connectivity index (χ4n) is 2.33. The van der Waals surface area contributed by atoms with E-state index < -0.39 is 0 Å². The summed E-state index contributed by atoms with van der Waals surface area (Å²) in [6.07, 6.45) is 1.84. The van der Waals surface area contributed by atoms with Gasteiger partial charge >= 0.3 is 0 Å². The Hall–Kier alpha value is -2.88. The average Bonchev–Trinajstić information content (AvgIpc) is 2.84. The molecule has 0 aliphatic carbocycles. The van der Waals surface area contributed by atoms with Gasteiger partial charge in [0.05, 0.1) is 24.1 Å². The van der Waals surface area contributed by atoms with Crippen LogP contribution < -0.4 is 9.75 Å². The van der Waals surface area contributed by atoms with Gasteiger partial charge in [-0.2, -0.15) is 10.1 Å². The molecule has 1 aliphatic heterocycles. The van der Waals surface area contributed by atoms with Crippen LogP contribution in [0.2, 0.25) is 0 Å². The normalized spacial score (nSPS) is 16.1. The number of para-hydroxylation sites is 1. The number of anilines is 1. The number of amides is 1. The van der Waals surface area contributed by atoms with E-state index in [-0.39, 0.29) is 5.91 Å².